The fraction of sp³-hybridized carbons (Fsp3) is 0.409. The quantitative estimate of drug-likeness (QED) is 0.728. The Labute approximate surface area is 157 Å². The predicted octanol–water partition coefficient (Wildman–Crippen LogP) is 4.02. The molecule has 0 aromatic heterocycles. The molecule has 4 heteroatoms. The van der Waals surface area contributed by atoms with Crippen LogP contribution >= 0.6 is 0 Å². The second-order valence-electron chi connectivity index (χ2n) is 6.87. The number of benzene rings is 2. The number of carbonyl (C=O) groups is 1. The zero-order chi connectivity index (χ0) is 19.1. The predicted molar refractivity (Wildman–Crippen MR) is 108 cm³/mol. The molecule has 4 nitrogen and oxygen atoms in total. The van der Waals surface area contributed by atoms with E-state index in [2.05, 4.69) is 42.4 Å². The number of carbonyl (C=O) groups excluding carboxylic acids is 1. The van der Waals surface area contributed by atoms with Crippen molar-refractivity contribution in [3.63, 3.8) is 0 Å². The lowest BCUT2D eigenvalue weighted by Crippen LogP contribution is -2.37. The van der Waals surface area contributed by atoms with Crippen molar-refractivity contribution in [2.24, 2.45) is 0 Å². The number of anilines is 1. The van der Waals surface area contributed by atoms with Crippen molar-refractivity contribution in [2.75, 3.05) is 25.0 Å². The molecule has 0 fully saturated rings. The summed E-state index contributed by atoms with van der Waals surface area (Å²) >= 11 is 0. The Morgan fingerprint density at radius 1 is 1.15 bits per heavy atom. The molecule has 2 aromatic rings. The van der Waals surface area contributed by atoms with Gasteiger partial charge >= 0.3 is 0 Å². The van der Waals surface area contributed by atoms with Crippen molar-refractivity contribution in [2.45, 2.75) is 40.2 Å². The molecule has 1 amide bonds. The lowest BCUT2D eigenvalue weighted by molar-refractivity contribution is -0.127. The summed E-state index contributed by atoms with van der Waals surface area (Å²) in [4.78, 5) is 14.5. The van der Waals surface area contributed by atoms with Gasteiger partial charge < -0.3 is 15.0 Å². The van der Waals surface area contributed by atoms with E-state index in [-0.39, 0.29) is 5.91 Å². The molecular formula is C22H30N2O2. The molecule has 1 atom stereocenters. The highest BCUT2D eigenvalue weighted by molar-refractivity contribution is 5.80. The summed E-state index contributed by atoms with van der Waals surface area (Å²) in [5.74, 6) is 0.708. The first-order chi connectivity index (χ1) is 12.4. The number of ether oxygens (including phenoxy) is 1. The van der Waals surface area contributed by atoms with Gasteiger partial charge in [-0.1, -0.05) is 24.3 Å². The van der Waals surface area contributed by atoms with E-state index in [9.17, 15) is 4.79 Å². The molecule has 2 aromatic carbocycles. The molecule has 140 valence electrons. The van der Waals surface area contributed by atoms with Gasteiger partial charge in [-0.15, -0.1) is 0 Å². The van der Waals surface area contributed by atoms with Gasteiger partial charge in [0.15, 0.2) is 6.10 Å². The summed E-state index contributed by atoms with van der Waals surface area (Å²) in [7, 11) is 2.06. The van der Waals surface area contributed by atoms with Gasteiger partial charge in [-0.2, -0.15) is 0 Å². The Balaban J connectivity index is 1.77. The molecule has 0 saturated heterocycles. The van der Waals surface area contributed by atoms with Crippen molar-refractivity contribution in [3.8, 4) is 5.75 Å². The van der Waals surface area contributed by atoms with Crippen LogP contribution in [0.5, 0.6) is 5.75 Å². The minimum Gasteiger partial charge on any atom is -0.481 e. The van der Waals surface area contributed by atoms with Crippen molar-refractivity contribution < 1.29 is 9.53 Å². The highest BCUT2D eigenvalue weighted by Crippen LogP contribution is 2.24. The Hall–Kier alpha value is -2.49. The number of nitrogens with one attached hydrogen (secondary N) is 1. The van der Waals surface area contributed by atoms with Crippen LogP contribution in [0, 0.1) is 20.8 Å². The Morgan fingerprint density at radius 3 is 2.54 bits per heavy atom. The van der Waals surface area contributed by atoms with E-state index < -0.39 is 6.10 Å². The second-order valence-corrected chi connectivity index (χ2v) is 6.87. The molecule has 0 spiro atoms. The number of nitrogens with zero attached hydrogens (tertiary/aromatic N) is 1. The summed E-state index contributed by atoms with van der Waals surface area (Å²) in [6.07, 6.45) is 0.369. The van der Waals surface area contributed by atoms with E-state index >= 15 is 0 Å². The Morgan fingerprint density at radius 2 is 1.85 bits per heavy atom. The molecular weight excluding hydrogens is 324 g/mol. The maximum absolute atomic E-state index is 12.3. The molecule has 0 radical (unpaired) electrons. The van der Waals surface area contributed by atoms with Crippen LogP contribution in [0.25, 0.3) is 0 Å². The maximum Gasteiger partial charge on any atom is 0.260 e. The van der Waals surface area contributed by atoms with Crippen LogP contribution in [0.15, 0.2) is 42.5 Å². The number of amides is 1. The minimum atomic E-state index is -0.512. The van der Waals surface area contributed by atoms with E-state index in [1.165, 1.54) is 11.3 Å². The summed E-state index contributed by atoms with van der Waals surface area (Å²) in [6.45, 7) is 9.43. The van der Waals surface area contributed by atoms with Gasteiger partial charge in [-0.05, 0) is 69.0 Å². The fourth-order valence-electron chi connectivity index (χ4n) is 2.85. The monoisotopic (exact) mass is 354 g/mol. The first-order valence-corrected chi connectivity index (χ1v) is 9.17. The van der Waals surface area contributed by atoms with E-state index in [0.717, 1.165) is 29.8 Å². The lowest BCUT2D eigenvalue weighted by Gasteiger charge is -2.20. The van der Waals surface area contributed by atoms with E-state index in [0.29, 0.717) is 6.54 Å². The molecule has 0 aliphatic rings. The summed E-state index contributed by atoms with van der Waals surface area (Å²) in [6, 6.07) is 14.3. The zero-order valence-corrected chi connectivity index (χ0v) is 16.5. The zero-order valence-electron chi connectivity index (χ0n) is 16.5. The van der Waals surface area contributed by atoms with E-state index in [4.69, 9.17) is 4.74 Å². The van der Waals surface area contributed by atoms with Gasteiger partial charge in [-0.3, -0.25) is 4.79 Å². The van der Waals surface area contributed by atoms with Crippen molar-refractivity contribution in [1.82, 2.24) is 5.32 Å². The molecule has 0 bridgehead atoms. The topological polar surface area (TPSA) is 41.6 Å². The van der Waals surface area contributed by atoms with Crippen LogP contribution in [0.3, 0.4) is 0 Å². The van der Waals surface area contributed by atoms with Gasteiger partial charge in [0.25, 0.3) is 5.91 Å². The fourth-order valence-corrected chi connectivity index (χ4v) is 2.85. The minimum absolute atomic E-state index is 0.0778. The third kappa shape index (κ3) is 5.51. The number of rotatable bonds is 8. The summed E-state index contributed by atoms with van der Waals surface area (Å²) < 4.78 is 5.89. The van der Waals surface area contributed by atoms with Crippen LogP contribution in [0.2, 0.25) is 0 Å². The molecule has 0 unspecified atom stereocenters. The van der Waals surface area contributed by atoms with Gasteiger partial charge in [0.2, 0.25) is 0 Å². The number of hydrogen-bond donors (Lipinski definition) is 1. The average Bonchev–Trinajstić information content (AvgIpc) is 2.63. The Bertz CT molecular complexity index is 728. The highest BCUT2D eigenvalue weighted by atomic mass is 16.5. The standard InChI is InChI=1S/C22H30N2O2/c1-16-14-17(2)18(3)21(15-16)26-19(4)22(25)23-12-9-13-24(5)20-10-7-6-8-11-20/h6-8,10-11,14-15,19H,9,12-13H2,1-5H3,(H,23,25)/t19-/m1/s1. The summed E-state index contributed by atoms with van der Waals surface area (Å²) in [5.41, 5.74) is 4.58. The number of para-hydroxylation sites is 1. The smallest absolute Gasteiger partial charge is 0.260 e. The van der Waals surface area contributed by atoms with Gasteiger partial charge in [-0.25, -0.2) is 0 Å². The molecule has 0 heterocycles. The van der Waals surface area contributed by atoms with Gasteiger partial charge in [0.05, 0.1) is 0 Å². The van der Waals surface area contributed by atoms with Crippen LogP contribution in [-0.2, 0) is 4.79 Å². The van der Waals surface area contributed by atoms with Gasteiger partial charge in [0.1, 0.15) is 5.75 Å². The molecule has 2 rings (SSSR count). The average molecular weight is 354 g/mol. The first-order valence-electron chi connectivity index (χ1n) is 9.17. The molecule has 26 heavy (non-hydrogen) atoms. The maximum atomic E-state index is 12.3. The summed E-state index contributed by atoms with van der Waals surface area (Å²) in [5, 5.41) is 2.97. The molecule has 1 N–H and O–H groups in total. The molecule has 0 aliphatic heterocycles. The number of hydrogen-bond acceptors (Lipinski definition) is 3. The van der Waals surface area contributed by atoms with E-state index in [1.54, 1.807) is 6.92 Å². The largest absolute Gasteiger partial charge is 0.481 e. The van der Waals surface area contributed by atoms with E-state index in [1.807, 2.05) is 38.1 Å². The highest BCUT2D eigenvalue weighted by Gasteiger charge is 2.16. The molecule has 0 saturated carbocycles. The van der Waals surface area contributed by atoms with Gasteiger partial charge in [0, 0.05) is 25.8 Å². The normalized spacial score (nSPS) is 11.7. The third-order valence-electron chi connectivity index (χ3n) is 4.60. The second kappa shape index (κ2) is 9.27. The number of aryl methyl sites for hydroxylation is 2. The van der Waals surface area contributed by atoms with Crippen molar-refractivity contribution in [1.29, 1.82) is 0 Å². The lowest BCUT2D eigenvalue weighted by atomic mass is 10.1. The molecule has 0 aliphatic carbocycles. The van der Waals surface area contributed by atoms with Crippen LogP contribution in [0.4, 0.5) is 5.69 Å². The van der Waals surface area contributed by atoms with Crippen molar-refractivity contribution >= 4 is 11.6 Å². The van der Waals surface area contributed by atoms with Crippen LogP contribution in [-0.4, -0.2) is 32.1 Å². The van der Waals surface area contributed by atoms with Crippen LogP contribution in [0.1, 0.15) is 30.0 Å². The first kappa shape index (κ1) is 19.8. The SMILES string of the molecule is Cc1cc(C)c(C)c(O[C@H](C)C(=O)NCCCN(C)c2ccccc2)c1. The third-order valence-corrected chi connectivity index (χ3v) is 4.60. The van der Waals surface area contributed by atoms with Crippen molar-refractivity contribution in [3.05, 3.63) is 59.2 Å². The Kier molecular flexibility index (Phi) is 7.07. The van der Waals surface area contributed by atoms with Crippen LogP contribution < -0.4 is 15.0 Å².